The third kappa shape index (κ3) is 3.59. The molecule has 1 aromatic carbocycles. The lowest BCUT2D eigenvalue weighted by Gasteiger charge is -2.40. The Labute approximate surface area is 132 Å². The number of ether oxygens (including phenoxy) is 2. The topological polar surface area (TPSA) is 30.5 Å². The van der Waals surface area contributed by atoms with Crippen molar-refractivity contribution in [1.29, 1.82) is 0 Å². The van der Waals surface area contributed by atoms with Crippen molar-refractivity contribution in [3.63, 3.8) is 0 Å². The normalized spacial score (nSPS) is 23.1. The van der Waals surface area contributed by atoms with Crippen LogP contribution in [0, 0.1) is 0 Å². The van der Waals surface area contributed by atoms with Crippen LogP contribution in [-0.4, -0.2) is 39.0 Å². The van der Waals surface area contributed by atoms with Crippen LogP contribution in [0.3, 0.4) is 0 Å². The maximum absolute atomic E-state index is 6.48. The average molecular weight is 310 g/mol. The molecule has 2 aliphatic rings. The summed E-state index contributed by atoms with van der Waals surface area (Å²) in [6.07, 6.45) is 4.28. The maximum atomic E-state index is 6.48. The zero-order valence-electron chi connectivity index (χ0n) is 12.4. The molecule has 116 valence electrons. The molecule has 2 aliphatic heterocycles. The zero-order chi connectivity index (χ0) is 14.5. The quantitative estimate of drug-likeness (QED) is 0.927. The van der Waals surface area contributed by atoms with Crippen LogP contribution in [-0.2, 0) is 14.9 Å². The van der Waals surface area contributed by atoms with Crippen molar-refractivity contribution in [2.75, 3.05) is 33.0 Å². The predicted octanol–water partition coefficient (Wildman–Crippen LogP) is 3.16. The highest BCUT2D eigenvalue weighted by molar-refractivity contribution is 6.31. The zero-order valence-corrected chi connectivity index (χ0v) is 13.2. The van der Waals surface area contributed by atoms with Gasteiger partial charge in [0.1, 0.15) is 0 Å². The molecule has 1 N–H and O–H groups in total. The van der Waals surface area contributed by atoms with E-state index in [0.717, 1.165) is 63.7 Å². The highest BCUT2D eigenvalue weighted by Crippen LogP contribution is 2.38. The standard InChI is InChI=1S/C17H24ClNO2/c18-16-4-2-1-3-15(16)17(7-11-21-12-8-17)13-19-14-5-9-20-10-6-14/h1-4,14,19H,5-13H2. The van der Waals surface area contributed by atoms with Crippen LogP contribution in [0.2, 0.25) is 5.02 Å². The van der Waals surface area contributed by atoms with Gasteiger partial charge in [-0.2, -0.15) is 0 Å². The van der Waals surface area contributed by atoms with E-state index in [2.05, 4.69) is 17.4 Å². The fourth-order valence-corrected chi connectivity index (χ4v) is 3.77. The van der Waals surface area contributed by atoms with Gasteiger partial charge in [-0.1, -0.05) is 29.8 Å². The summed E-state index contributed by atoms with van der Waals surface area (Å²) >= 11 is 6.48. The third-order valence-corrected chi connectivity index (χ3v) is 5.18. The van der Waals surface area contributed by atoms with E-state index in [9.17, 15) is 0 Å². The smallest absolute Gasteiger partial charge is 0.0480 e. The van der Waals surface area contributed by atoms with Gasteiger partial charge in [-0.15, -0.1) is 0 Å². The minimum atomic E-state index is 0.106. The van der Waals surface area contributed by atoms with Crippen molar-refractivity contribution in [3.8, 4) is 0 Å². The van der Waals surface area contributed by atoms with Crippen molar-refractivity contribution in [2.24, 2.45) is 0 Å². The fraction of sp³-hybridized carbons (Fsp3) is 0.647. The van der Waals surface area contributed by atoms with E-state index in [1.807, 2.05) is 12.1 Å². The molecular formula is C17H24ClNO2. The number of hydrogen-bond acceptors (Lipinski definition) is 3. The van der Waals surface area contributed by atoms with E-state index in [1.54, 1.807) is 0 Å². The summed E-state index contributed by atoms with van der Waals surface area (Å²) in [5, 5.41) is 4.65. The van der Waals surface area contributed by atoms with Crippen molar-refractivity contribution in [3.05, 3.63) is 34.9 Å². The summed E-state index contributed by atoms with van der Waals surface area (Å²) in [6.45, 7) is 4.37. The van der Waals surface area contributed by atoms with Gasteiger partial charge in [-0.25, -0.2) is 0 Å². The molecule has 0 radical (unpaired) electrons. The van der Waals surface area contributed by atoms with Gasteiger partial charge in [0.2, 0.25) is 0 Å². The van der Waals surface area contributed by atoms with E-state index in [0.29, 0.717) is 6.04 Å². The van der Waals surface area contributed by atoms with E-state index in [-0.39, 0.29) is 5.41 Å². The van der Waals surface area contributed by atoms with Crippen LogP contribution in [0.15, 0.2) is 24.3 Å². The van der Waals surface area contributed by atoms with Gasteiger partial charge >= 0.3 is 0 Å². The monoisotopic (exact) mass is 309 g/mol. The Balaban J connectivity index is 1.75. The Hall–Kier alpha value is -0.610. The van der Waals surface area contributed by atoms with Gasteiger partial charge in [-0.05, 0) is 37.3 Å². The molecule has 0 aliphatic carbocycles. The first kappa shape index (κ1) is 15.3. The number of rotatable bonds is 4. The van der Waals surface area contributed by atoms with E-state index in [1.165, 1.54) is 5.56 Å². The number of halogens is 1. The Morgan fingerprint density at radius 3 is 2.43 bits per heavy atom. The SMILES string of the molecule is Clc1ccccc1C1(CNC2CCOCC2)CCOCC1. The van der Waals surface area contributed by atoms with Crippen LogP contribution >= 0.6 is 11.6 Å². The summed E-state index contributed by atoms with van der Waals surface area (Å²) in [5.41, 5.74) is 1.38. The first-order valence-electron chi connectivity index (χ1n) is 7.94. The van der Waals surface area contributed by atoms with Crippen LogP contribution in [0.1, 0.15) is 31.2 Å². The van der Waals surface area contributed by atoms with Gasteiger partial charge in [0, 0.05) is 49.5 Å². The highest BCUT2D eigenvalue weighted by Gasteiger charge is 2.36. The largest absolute Gasteiger partial charge is 0.381 e. The van der Waals surface area contributed by atoms with Crippen molar-refractivity contribution in [1.82, 2.24) is 5.32 Å². The predicted molar refractivity (Wildman–Crippen MR) is 85.0 cm³/mol. The lowest BCUT2D eigenvalue weighted by molar-refractivity contribution is 0.0427. The minimum Gasteiger partial charge on any atom is -0.381 e. The van der Waals surface area contributed by atoms with Gasteiger partial charge in [0.05, 0.1) is 0 Å². The minimum absolute atomic E-state index is 0.106. The van der Waals surface area contributed by atoms with Gasteiger partial charge in [0.25, 0.3) is 0 Å². The molecular weight excluding hydrogens is 286 g/mol. The summed E-state index contributed by atoms with van der Waals surface area (Å²) in [5.74, 6) is 0. The Bertz CT molecular complexity index is 454. The maximum Gasteiger partial charge on any atom is 0.0480 e. The molecule has 0 unspecified atom stereocenters. The molecule has 1 aromatic rings. The summed E-state index contributed by atoms with van der Waals surface area (Å²) in [7, 11) is 0. The first-order valence-corrected chi connectivity index (χ1v) is 8.32. The van der Waals surface area contributed by atoms with Crippen molar-refractivity contribution >= 4 is 11.6 Å². The third-order valence-electron chi connectivity index (χ3n) is 4.85. The Morgan fingerprint density at radius 2 is 1.71 bits per heavy atom. The second kappa shape index (κ2) is 7.10. The van der Waals surface area contributed by atoms with Gasteiger partial charge < -0.3 is 14.8 Å². The van der Waals surface area contributed by atoms with Gasteiger partial charge in [0.15, 0.2) is 0 Å². The molecule has 3 rings (SSSR count). The molecule has 0 atom stereocenters. The Morgan fingerprint density at radius 1 is 1.05 bits per heavy atom. The van der Waals surface area contributed by atoms with E-state index >= 15 is 0 Å². The second-order valence-electron chi connectivity index (χ2n) is 6.14. The van der Waals surface area contributed by atoms with E-state index in [4.69, 9.17) is 21.1 Å². The van der Waals surface area contributed by atoms with Crippen LogP contribution in [0.5, 0.6) is 0 Å². The molecule has 3 nitrogen and oxygen atoms in total. The highest BCUT2D eigenvalue weighted by atomic mass is 35.5. The number of benzene rings is 1. The molecule has 2 fully saturated rings. The summed E-state index contributed by atoms with van der Waals surface area (Å²) in [6, 6.07) is 8.85. The van der Waals surface area contributed by atoms with Crippen molar-refractivity contribution in [2.45, 2.75) is 37.1 Å². The molecule has 0 aromatic heterocycles. The first-order chi connectivity index (χ1) is 10.3. The molecule has 4 heteroatoms. The average Bonchev–Trinajstić information content (AvgIpc) is 2.55. The molecule has 2 heterocycles. The Kier molecular flexibility index (Phi) is 5.17. The molecule has 0 amide bonds. The van der Waals surface area contributed by atoms with Crippen LogP contribution < -0.4 is 5.32 Å². The molecule has 0 spiro atoms. The van der Waals surface area contributed by atoms with Gasteiger partial charge in [-0.3, -0.25) is 0 Å². The summed E-state index contributed by atoms with van der Waals surface area (Å²) in [4.78, 5) is 0. The molecule has 0 saturated carbocycles. The lowest BCUT2D eigenvalue weighted by atomic mass is 9.74. The van der Waals surface area contributed by atoms with Crippen molar-refractivity contribution < 1.29 is 9.47 Å². The fourth-order valence-electron chi connectivity index (χ4n) is 3.44. The number of nitrogens with one attached hydrogen (secondary N) is 1. The molecule has 2 saturated heterocycles. The summed E-state index contributed by atoms with van der Waals surface area (Å²) < 4.78 is 11.0. The molecule has 21 heavy (non-hydrogen) atoms. The number of hydrogen-bond donors (Lipinski definition) is 1. The molecule has 0 bridgehead atoms. The van der Waals surface area contributed by atoms with Crippen LogP contribution in [0.4, 0.5) is 0 Å². The van der Waals surface area contributed by atoms with Crippen LogP contribution in [0.25, 0.3) is 0 Å². The lowest BCUT2D eigenvalue weighted by Crippen LogP contribution is -2.47. The van der Waals surface area contributed by atoms with E-state index < -0.39 is 0 Å². The second-order valence-corrected chi connectivity index (χ2v) is 6.55.